The predicted octanol–water partition coefficient (Wildman–Crippen LogP) is 5.49. The lowest BCUT2D eigenvalue weighted by Crippen LogP contribution is -2.29. The number of anilines is 1. The summed E-state index contributed by atoms with van der Waals surface area (Å²) in [5.41, 5.74) is 1.00. The van der Waals surface area contributed by atoms with Gasteiger partial charge < -0.3 is 24.1 Å². The average molecular weight is 565 g/mol. The van der Waals surface area contributed by atoms with Crippen molar-refractivity contribution in [3.63, 3.8) is 0 Å². The number of aliphatic hydroxyl groups is 1. The summed E-state index contributed by atoms with van der Waals surface area (Å²) >= 11 is 1.05. The highest BCUT2D eigenvalue weighted by atomic mass is 32.1. The van der Waals surface area contributed by atoms with Crippen molar-refractivity contribution in [3.05, 3.63) is 77.1 Å². The molecule has 0 spiro atoms. The highest BCUT2D eigenvalue weighted by Crippen LogP contribution is 2.48. The van der Waals surface area contributed by atoms with Crippen LogP contribution in [0.25, 0.3) is 16.0 Å². The van der Waals surface area contributed by atoms with Gasteiger partial charge in [0.05, 0.1) is 49.8 Å². The summed E-state index contributed by atoms with van der Waals surface area (Å²) in [5.74, 6) is -1.17. The monoisotopic (exact) mass is 564 g/mol. The van der Waals surface area contributed by atoms with Crippen LogP contribution in [0.3, 0.4) is 0 Å². The Labute approximate surface area is 233 Å². The summed E-state index contributed by atoms with van der Waals surface area (Å²) in [6.07, 6.45) is 0. The molecule has 0 unspecified atom stereocenters. The van der Waals surface area contributed by atoms with Gasteiger partial charge in [0.1, 0.15) is 17.3 Å². The normalized spacial score (nSPS) is 16.4. The third-order valence-corrected chi connectivity index (χ3v) is 7.45. The number of carbonyl (C=O) groups is 2. The number of hydrogen-bond acceptors (Lipinski definition) is 9. The smallest absolute Gasteiger partial charge is 0.301 e. The summed E-state index contributed by atoms with van der Waals surface area (Å²) in [6.45, 7) is 2.31. The molecule has 1 amide bonds. The molecule has 5 rings (SSSR count). The SMILES string of the molecule is CCOc1ccc(/C(O)=C2\C(=O)C(=O)N(c3nc4ccc(F)cc4s3)[C@H]2c2cc(OC)c(OC)c(OC)c2)cc1. The number of carbonyl (C=O) groups excluding carboxylic acids is 2. The molecule has 1 N–H and O–H groups in total. The predicted molar refractivity (Wildman–Crippen MR) is 148 cm³/mol. The lowest BCUT2D eigenvalue weighted by Gasteiger charge is -2.24. The van der Waals surface area contributed by atoms with E-state index in [0.717, 1.165) is 11.3 Å². The molecule has 1 aliphatic rings. The highest BCUT2D eigenvalue weighted by molar-refractivity contribution is 7.22. The van der Waals surface area contributed by atoms with E-state index in [1.807, 2.05) is 6.92 Å². The molecule has 0 aliphatic carbocycles. The first-order chi connectivity index (χ1) is 19.3. The van der Waals surface area contributed by atoms with E-state index < -0.39 is 23.5 Å². The van der Waals surface area contributed by atoms with Gasteiger partial charge in [-0.3, -0.25) is 14.5 Å². The van der Waals surface area contributed by atoms with Crippen LogP contribution in [-0.4, -0.2) is 49.7 Å². The number of ketones is 1. The van der Waals surface area contributed by atoms with E-state index in [2.05, 4.69) is 4.98 Å². The van der Waals surface area contributed by atoms with Crippen molar-refractivity contribution in [1.29, 1.82) is 0 Å². The van der Waals surface area contributed by atoms with Crippen LogP contribution in [0.1, 0.15) is 24.1 Å². The van der Waals surface area contributed by atoms with E-state index in [1.54, 1.807) is 36.4 Å². The molecule has 0 bridgehead atoms. The van der Waals surface area contributed by atoms with Gasteiger partial charge >= 0.3 is 5.91 Å². The number of aromatic nitrogens is 1. The number of Topliss-reactive ketones (excluding diaryl/α,β-unsaturated/α-hetero) is 1. The zero-order chi connectivity index (χ0) is 28.6. The molecule has 1 fully saturated rings. The first-order valence-electron chi connectivity index (χ1n) is 12.2. The third-order valence-electron chi connectivity index (χ3n) is 6.43. The Morgan fingerprint density at radius 2 is 1.68 bits per heavy atom. The molecule has 206 valence electrons. The highest BCUT2D eigenvalue weighted by Gasteiger charge is 2.48. The summed E-state index contributed by atoms with van der Waals surface area (Å²) in [7, 11) is 4.35. The van der Waals surface area contributed by atoms with Gasteiger partial charge in [-0.05, 0) is 67.1 Å². The van der Waals surface area contributed by atoms with Crippen LogP contribution in [-0.2, 0) is 9.59 Å². The van der Waals surface area contributed by atoms with Gasteiger partial charge in [0.2, 0.25) is 5.75 Å². The fraction of sp³-hybridized carbons (Fsp3) is 0.207. The second-order valence-electron chi connectivity index (χ2n) is 8.69. The maximum atomic E-state index is 13.9. The van der Waals surface area contributed by atoms with E-state index in [1.165, 1.54) is 44.4 Å². The zero-order valence-corrected chi connectivity index (χ0v) is 22.9. The van der Waals surface area contributed by atoms with Crippen LogP contribution >= 0.6 is 11.3 Å². The van der Waals surface area contributed by atoms with Crippen molar-refractivity contribution in [2.45, 2.75) is 13.0 Å². The number of halogens is 1. The lowest BCUT2D eigenvalue weighted by molar-refractivity contribution is -0.132. The number of fused-ring (bicyclic) bond motifs is 1. The maximum absolute atomic E-state index is 13.9. The first-order valence-corrected chi connectivity index (χ1v) is 13.0. The number of thiazole rings is 1. The van der Waals surface area contributed by atoms with E-state index in [4.69, 9.17) is 18.9 Å². The Morgan fingerprint density at radius 1 is 1.00 bits per heavy atom. The second kappa shape index (κ2) is 10.9. The number of rotatable bonds is 8. The Morgan fingerprint density at radius 3 is 2.27 bits per heavy atom. The van der Waals surface area contributed by atoms with Crippen LogP contribution in [0, 0.1) is 5.82 Å². The number of nitrogens with zero attached hydrogens (tertiary/aromatic N) is 2. The largest absolute Gasteiger partial charge is 0.507 e. The summed E-state index contributed by atoms with van der Waals surface area (Å²) < 4.78 is 36.4. The average Bonchev–Trinajstić information content (AvgIpc) is 3.49. The summed E-state index contributed by atoms with van der Waals surface area (Å²) in [4.78, 5) is 32.8. The van der Waals surface area contributed by atoms with E-state index in [9.17, 15) is 19.1 Å². The maximum Gasteiger partial charge on any atom is 0.301 e. The molecule has 9 nitrogen and oxygen atoms in total. The number of aliphatic hydroxyl groups excluding tert-OH is 1. The standard InChI is InChI=1S/C29H25FN2O7S/c1-5-39-18-9-6-15(7-10-18)25(33)23-24(16-12-20(36-2)27(38-4)21(13-16)37-3)32(28(35)26(23)34)29-31-19-11-8-17(30)14-22(19)40-29/h6-14,24,33H,5H2,1-4H3/b25-23+/t24-/m0/s1. The molecular weight excluding hydrogens is 539 g/mol. The van der Waals surface area contributed by atoms with Crippen LogP contribution < -0.4 is 23.8 Å². The lowest BCUT2D eigenvalue weighted by atomic mass is 9.94. The molecule has 1 aliphatic heterocycles. The first kappa shape index (κ1) is 26.9. The van der Waals surface area contributed by atoms with Crippen molar-refractivity contribution < 1.29 is 38.0 Å². The van der Waals surface area contributed by atoms with Gasteiger partial charge in [0.15, 0.2) is 16.6 Å². The fourth-order valence-corrected chi connectivity index (χ4v) is 5.64. The number of amides is 1. The summed E-state index contributed by atoms with van der Waals surface area (Å²) in [5, 5.41) is 11.6. The van der Waals surface area contributed by atoms with E-state index >= 15 is 0 Å². The molecule has 4 aromatic rings. The molecule has 1 atom stereocenters. The van der Waals surface area contributed by atoms with Gasteiger partial charge in [-0.2, -0.15) is 0 Å². The number of hydrogen-bond donors (Lipinski definition) is 1. The minimum absolute atomic E-state index is 0.158. The van der Waals surface area contributed by atoms with Crippen LogP contribution in [0.5, 0.6) is 23.0 Å². The van der Waals surface area contributed by atoms with Gasteiger partial charge in [0.25, 0.3) is 5.78 Å². The quantitative estimate of drug-likeness (QED) is 0.170. The Hall–Kier alpha value is -4.64. The third kappa shape index (κ3) is 4.58. The summed E-state index contributed by atoms with van der Waals surface area (Å²) in [6, 6.07) is 12.7. The Kier molecular flexibility index (Phi) is 7.31. The zero-order valence-electron chi connectivity index (χ0n) is 22.1. The number of benzene rings is 3. The second-order valence-corrected chi connectivity index (χ2v) is 9.70. The van der Waals surface area contributed by atoms with Crippen molar-refractivity contribution in [2.75, 3.05) is 32.8 Å². The van der Waals surface area contributed by atoms with Gasteiger partial charge in [-0.25, -0.2) is 9.37 Å². The molecule has 40 heavy (non-hydrogen) atoms. The minimum Gasteiger partial charge on any atom is -0.507 e. The van der Waals surface area contributed by atoms with E-state index in [0.29, 0.717) is 39.4 Å². The molecule has 0 saturated carbocycles. The Bertz CT molecular complexity index is 1620. The number of methoxy groups -OCH3 is 3. The Balaban J connectivity index is 1.75. The topological polar surface area (TPSA) is 107 Å². The van der Waals surface area contributed by atoms with Crippen molar-refractivity contribution in [2.24, 2.45) is 0 Å². The molecule has 0 radical (unpaired) electrons. The van der Waals surface area contributed by atoms with Gasteiger partial charge in [-0.1, -0.05) is 11.3 Å². The molecule has 3 aromatic carbocycles. The van der Waals surface area contributed by atoms with Crippen LogP contribution in [0.15, 0.2) is 60.2 Å². The van der Waals surface area contributed by atoms with Crippen LogP contribution in [0.2, 0.25) is 0 Å². The molecule has 11 heteroatoms. The van der Waals surface area contributed by atoms with Gasteiger partial charge in [0, 0.05) is 5.56 Å². The van der Waals surface area contributed by atoms with Crippen LogP contribution in [0.4, 0.5) is 9.52 Å². The molecule has 2 heterocycles. The minimum atomic E-state index is -1.12. The van der Waals surface area contributed by atoms with Crippen molar-refractivity contribution >= 4 is 44.1 Å². The number of ether oxygens (including phenoxy) is 4. The van der Waals surface area contributed by atoms with Crippen molar-refractivity contribution in [3.8, 4) is 23.0 Å². The van der Waals surface area contributed by atoms with Crippen molar-refractivity contribution in [1.82, 2.24) is 4.98 Å². The van der Waals surface area contributed by atoms with Gasteiger partial charge in [-0.15, -0.1) is 0 Å². The van der Waals surface area contributed by atoms with E-state index in [-0.39, 0.29) is 28.0 Å². The fourth-order valence-electron chi connectivity index (χ4n) is 4.62. The molecular formula is C29H25FN2O7S. The molecule has 1 aromatic heterocycles. The molecule has 1 saturated heterocycles.